The van der Waals surface area contributed by atoms with Crippen LogP contribution < -0.4 is 10.2 Å². The van der Waals surface area contributed by atoms with Crippen LogP contribution in [0.4, 0.5) is 18.9 Å². The Labute approximate surface area is 187 Å². The fourth-order valence-electron chi connectivity index (χ4n) is 3.57. The van der Waals surface area contributed by atoms with E-state index in [4.69, 9.17) is 4.74 Å². The van der Waals surface area contributed by atoms with Crippen molar-refractivity contribution >= 4 is 35.3 Å². The smallest absolute Gasteiger partial charge is 0.376 e. The lowest BCUT2D eigenvalue weighted by Gasteiger charge is -2.27. The lowest BCUT2D eigenvalue weighted by Crippen LogP contribution is -2.33. The van der Waals surface area contributed by atoms with Crippen molar-refractivity contribution in [3.8, 4) is 0 Å². The Morgan fingerprint density at radius 1 is 1.25 bits per heavy atom. The monoisotopic (exact) mass is 462 g/mol. The summed E-state index contributed by atoms with van der Waals surface area (Å²) < 4.78 is 43.8. The van der Waals surface area contributed by atoms with Crippen molar-refractivity contribution in [2.45, 2.75) is 30.0 Å². The predicted octanol–water partition coefficient (Wildman–Crippen LogP) is 4.72. The zero-order valence-corrected chi connectivity index (χ0v) is 18.1. The number of fused-ring (bicyclic) bond motifs is 1. The maximum atomic E-state index is 12.8. The highest BCUT2D eigenvalue weighted by atomic mass is 32.2. The van der Waals surface area contributed by atoms with E-state index in [-0.39, 0.29) is 17.9 Å². The van der Waals surface area contributed by atoms with Crippen LogP contribution in [-0.2, 0) is 15.7 Å². The molecular weight excluding hydrogens is 441 g/mol. The van der Waals surface area contributed by atoms with Gasteiger partial charge >= 0.3 is 6.18 Å². The normalized spacial score (nSPS) is 19.9. The van der Waals surface area contributed by atoms with Crippen LogP contribution in [0.15, 0.2) is 52.3 Å². The molecule has 2 aliphatic rings. The summed E-state index contributed by atoms with van der Waals surface area (Å²) >= 11 is 1.22. The number of benzene rings is 2. The van der Waals surface area contributed by atoms with Crippen molar-refractivity contribution in [3.05, 3.63) is 64.1 Å². The van der Waals surface area contributed by atoms with Gasteiger partial charge in [-0.15, -0.1) is 0 Å². The van der Waals surface area contributed by atoms with Gasteiger partial charge in [-0.05, 0) is 54.8 Å². The van der Waals surface area contributed by atoms with Crippen molar-refractivity contribution in [2.24, 2.45) is 0 Å². The Hall–Kier alpha value is -2.78. The fraction of sp³-hybridized carbons (Fsp3) is 0.304. The molecule has 2 amide bonds. The van der Waals surface area contributed by atoms with Gasteiger partial charge in [-0.2, -0.15) is 13.2 Å². The summed E-state index contributed by atoms with van der Waals surface area (Å²) in [5, 5.41) is 2.86. The van der Waals surface area contributed by atoms with Gasteiger partial charge in [-0.25, -0.2) is 0 Å². The minimum atomic E-state index is -4.41. The van der Waals surface area contributed by atoms with Crippen LogP contribution in [0, 0.1) is 0 Å². The van der Waals surface area contributed by atoms with E-state index < -0.39 is 11.7 Å². The molecule has 2 aromatic carbocycles. The first kappa shape index (κ1) is 22.4. The summed E-state index contributed by atoms with van der Waals surface area (Å²) in [5.41, 5.74) is 0.803. The van der Waals surface area contributed by atoms with Crippen molar-refractivity contribution in [1.29, 1.82) is 0 Å². The number of hydrogen-bond donors (Lipinski definition) is 1. The number of rotatable bonds is 4. The summed E-state index contributed by atoms with van der Waals surface area (Å²) in [6.45, 7) is 1.16. The molecule has 1 atom stereocenters. The Kier molecular flexibility index (Phi) is 6.30. The molecule has 0 radical (unpaired) electrons. The Balaban J connectivity index is 1.51. The molecule has 0 unspecified atom stereocenters. The largest absolute Gasteiger partial charge is 0.416 e. The molecule has 2 heterocycles. The summed E-state index contributed by atoms with van der Waals surface area (Å²) in [6.07, 6.45) is -0.893. The van der Waals surface area contributed by atoms with Crippen molar-refractivity contribution in [3.63, 3.8) is 0 Å². The van der Waals surface area contributed by atoms with E-state index in [0.29, 0.717) is 34.9 Å². The number of likely N-dealkylation sites (N-methyl/N-ethyl adjacent to an activating group) is 1. The maximum Gasteiger partial charge on any atom is 0.416 e. The number of thioether (sulfide) groups is 1. The van der Waals surface area contributed by atoms with Gasteiger partial charge in [0.1, 0.15) is 0 Å². The number of carbonyl (C=O) groups excluding carboxylic acids is 2. The summed E-state index contributed by atoms with van der Waals surface area (Å²) in [6, 6.07) is 9.77. The van der Waals surface area contributed by atoms with Crippen LogP contribution in [0.2, 0.25) is 0 Å². The molecule has 4 rings (SSSR count). The molecule has 32 heavy (non-hydrogen) atoms. The van der Waals surface area contributed by atoms with Crippen LogP contribution in [0.3, 0.4) is 0 Å². The number of carbonyl (C=O) groups is 2. The van der Waals surface area contributed by atoms with Gasteiger partial charge in [0.15, 0.2) is 0 Å². The van der Waals surface area contributed by atoms with Crippen LogP contribution in [0.5, 0.6) is 0 Å². The standard InChI is InChI=1S/C23H21F3N2O3S/c1-28-18-12-15(21(29)27-13-17-3-2-10-31-17)6-9-19(18)32-20(22(28)30)11-14-4-7-16(8-5-14)23(24,25)26/h4-9,11-12,17H,2-3,10,13H2,1H3,(H,27,29)/b20-11-/t17-/m0/s1. The number of halogens is 3. The third-order valence-corrected chi connectivity index (χ3v) is 6.45. The van der Waals surface area contributed by atoms with Crippen LogP contribution in [0.1, 0.15) is 34.3 Å². The molecule has 0 saturated carbocycles. The Morgan fingerprint density at radius 3 is 2.66 bits per heavy atom. The molecule has 168 valence electrons. The van der Waals surface area contributed by atoms with Crippen molar-refractivity contribution in [2.75, 3.05) is 25.1 Å². The molecule has 9 heteroatoms. The average Bonchev–Trinajstić information content (AvgIpc) is 3.29. The van der Waals surface area contributed by atoms with E-state index in [0.717, 1.165) is 29.9 Å². The molecule has 1 N–H and O–H groups in total. The molecule has 2 aliphatic heterocycles. The second-order valence-corrected chi connectivity index (χ2v) is 8.71. The van der Waals surface area contributed by atoms with E-state index in [1.165, 1.54) is 28.8 Å². The minimum absolute atomic E-state index is 0.0364. The molecule has 1 fully saturated rings. The van der Waals surface area contributed by atoms with E-state index in [2.05, 4.69) is 5.32 Å². The number of anilines is 1. The summed E-state index contributed by atoms with van der Waals surface area (Å²) in [4.78, 5) is 28.0. The highest BCUT2D eigenvalue weighted by Crippen LogP contribution is 2.42. The number of hydrogen-bond acceptors (Lipinski definition) is 4. The number of amides is 2. The van der Waals surface area contributed by atoms with Crippen LogP contribution in [0.25, 0.3) is 6.08 Å². The van der Waals surface area contributed by atoms with E-state index in [1.54, 1.807) is 31.3 Å². The minimum Gasteiger partial charge on any atom is -0.376 e. The SMILES string of the molecule is CN1C(=O)/C(=C/c2ccc(C(F)(F)F)cc2)Sc2ccc(C(=O)NC[C@@H]3CCCO3)cc21. The fourth-order valence-corrected chi connectivity index (χ4v) is 4.66. The van der Waals surface area contributed by atoms with Crippen LogP contribution in [-0.4, -0.2) is 38.1 Å². The van der Waals surface area contributed by atoms with Gasteiger partial charge < -0.3 is 15.0 Å². The third-order valence-electron chi connectivity index (χ3n) is 5.37. The Morgan fingerprint density at radius 2 is 2.00 bits per heavy atom. The molecule has 5 nitrogen and oxygen atoms in total. The zero-order chi connectivity index (χ0) is 22.9. The molecule has 2 aromatic rings. The number of ether oxygens (including phenoxy) is 1. The lowest BCUT2D eigenvalue weighted by molar-refractivity contribution is -0.137. The molecule has 0 bridgehead atoms. The van der Waals surface area contributed by atoms with E-state index in [9.17, 15) is 22.8 Å². The van der Waals surface area contributed by atoms with Gasteiger partial charge in [0.2, 0.25) is 0 Å². The predicted molar refractivity (Wildman–Crippen MR) is 116 cm³/mol. The number of nitrogens with one attached hydrogen (secondary N) is 1. The summed E-state index contributed by atoms with van der Waals surface area (Å²) in [7, 11) is 1.61. The van der Waals surface area contributed by atoms with E-state index in [1.807, 2.05) is 0 Å². The molecule has 0 aliphatic carbocycles. The second kappa shape index (κ2) is 8.99. The first-order chi connectivity index (χ1) is 15.2. The second-order valence-electron chi connectivity index (χ2n) is 7.62. The zero-order valence-electron chi connectivity index (χ0n) is 17.2. The molecule has 0 aromatic heterocycles. The van der Waals surface area contributed by atoms with Gasteiger partial charge in [0, 0.05) is 30.7 Å². The van der Waals surface area contributed by atoms with Gasteiger partial charge in [-0.3, -0.25) is 9.59 Å². The topological polar surface area (TPSA) is 58.6 Å². The van der Waals surface area contributed by atoms with Crippen molar-refractivity contribution < 1.29 is 27.5 Å². The lowest BCUT2D eigenvalue weighted by atomic mass is 10.1. The third kappa shape index (κ3) is 4.83. The molecular formula is C23H21F3N2O3S. The van der Waals surface area contributed by atoms with Crippen molar-refractivity contribution in [1.82, 2.24) is 5.32 Å². The molecule has 1 saturated heterocycles. The highest BCUT2D eigenvalue weighted by molar-refractivity contribution is 8.04. The van der Waals surface area contributed by atoms with Gasteiger partial charge in [0.05, 0.1) is 22.3 Å². The van der Waals surface area contributed by atoms with E-state index >= 15 is 0 Å². The van der Waals surface area contributed by atoms with Crippen LogP contribution >= 0.6 is 11.8 Å². The van der Waals surface area contributed by atoms with Gasteiger partial charge in [-0.1, -0.05) is 23.9 Å². The van der Waals surface area contributed by atoms with Gasteiger partial charge in [0.25, 0.3) is 11.8 Å². The maximum absolute atomic E-state index is 12.8. The Bertz CT molecular complexity index is 1060. The quantitative estimate of drug-likeness (QED) is 0.668. The first-order valence-electron chi connectivity index (χ1n) is 10.1. The highest BCUT2D eigenvalue weighted by Gasteiger charge is 2.30. The molecule has 0 spiro atoms. The first-order valence-corrected chi connectivity index (χ1v) is 10.9. The number of nitrogens with zero attached hydrogens (tertiary/aromatic N) is 1. The average molecular weight is 462 g/mol. The summed E-state index contributed by atoms with van der Waals surface area (Å²) in [5.74, 6) is -0.528. The number of alkyl halides is 3.